The lowest BCUT2D eigenvalue weighted by molar-refractivity contribution is 0.264. The van der Waals surface area contributed by atoms with Gasteiger partial charge < -0.3 is 4.90 Å². The van der Waals surface area contributed by atoms with E-state index in [9.17, 15) is 0 Å². The fraction of sp³-hybridized carbons (Fsp3) is 1.00. The third kappa shape index (κ3) is 2.19. The number of likely N-dealkylation sites (tertiary alicyclic amines) is 1. The van der Waals surface area contributed by atoms with Crippen LogP contribution in [-0.4, -0.2) is 24.0 Å². The number of nitrogens with zero attached hydrogens (tertiary/aromatic N) is 1. The minimum absolute atomic E-state index is 0.847. The molecule has 0 spiro atoms. The fourth-order valence-corrected chi connectivity index (χ4v) is 2.11. The molecule has 1 aliphatic rings. The Balaban J connectivity index is 2.32. The van der Waals surface area contributed by atoms with E-state index in [1.165, 1.54) is 32.4 Å². The molecule has 0 aromatic heterocycles. The number of rotatable bonds is 3. The highest BCUT2D eigenvalue weighted by Gasteiger charge is 2.26. The lowest BCUT2D eigenvalue weighted by atomic mass is 10.0. The molecule has 1 aliphatic heterocycles. The quantitative estimate of drug-likeness (QED) is 0.605. The predicted octanol–water partition coefficient (Wildman–Crippen LogP) is 2.52. The van der Waals surface area contributed by atoms with Gasteiger partial charge in [0.2, 0.25) is 0 Å². The van der Waals surface area contributed by atoms with Gasteiger partial charge in [0.1, 0.15) is 0 Å². The average molecular weight is 155 g/mol. The monoisotopic (exact) mass is 155 g/mol. The van der Waals surface area contributed by atoms with Crippen LogP contribution in [0.5, 0.6) is 0 Å². The molecule has 2 atom stereocenters. The first-order chi connectivity index (χ1) is 5.27. The van der Waals surface area contributed by atoms with Crippen LogP contribution in [0, 0.1) is 5.92 Å². The van der Waals surface area contributed by atoms with Crippen molar-refractivity contribution in [2.24, 2.45) is 5.92 Å². The van der Waals surface area contributed by atoms with Gasteiger partial charge in [-0.25, -0.2) is 0 Å². The van der Waals surface area contributed by atoms with Crippen molar-refractivity contribution in [3.8, 4) is 0 Å². The standard InChI is InChI=1S/C10H21N/c1-4-6-11-8-10(5-2)7-9(11)3/h9-10H,4-8H2,1-3H3. The summed E-state index contributed by atoms with van der Waals surface area (Å²) in [5, 5.41) is 0. The summed E-state index contributed by atoms with van der Waals surface area (Å²) in [5.41, 5.74) is 0. The molecule has 0 radical (unpaired) electrons. The van der Waals surface area contributed by atoms with E-state index in [1.54, 1.807) is 0 Å². The van der Waals surface area contributed by atoms with Crippen LogP contribution >= 0.6 is 0 Å². The second kappa shape index (κ2) is 4.10. The minimum Gasteiger partial charge on any atom is -0.300 e. The van der Waals surface area contributed by atoms with E-state index in [0.29, 0.717) is 0 Å². The average Bonchev–Trinajstić information content (AvgIpc) is 2.33. The van der Waals surface area contributed by atoms with E-state index in [0.717, 1.165) is 12.0 Å². The Bertz CT molecular complexity index is 111. The molecule has 1 saturated heterocycles. The molecule has 11 heavy (non-hydrogen) atoms. The molecule has 0 aromatic carbocycles. The van der Waals surface area contributed by atoms with Crippen LogP contribution in [0.2, 0.25) is 0 Å². The van der Waals surface area contributed by atoms with E-state index >= 15 is 0 Å². The first kappa shape index (κ1) is 9.05. The summed E-state index contributed by atoms with van der Waals surface area (Å²) in [6.45, 7) is 9.60. The van der Waals surface area contributed by atoms with Crippen molar-refractivity contribution in [3.63, 3.8) is 0 Å². The van der Waals surface area contributed by atoms with Crippen LogP contribution in [0.3, 0.4) is 0 Å². The van der Waals surface area contributed by atoms with E-state index in [1.807, 2.05) is 0 Å². The van der Waals surface area contributed by atoms with Gasteiger partial charge in [0.15, 0.2) is 0 Å². The summed E-state index contributed by atoms with van der Waals surface area (Å²) >= 11 is 0. The van der Waals surface area contributed by atoms with Crippen molar-refractivity contribution in [2.75, 3.05) is 13.1 Å². The summed E-state index contributed by atoms with van der Waals surface area (Å²) in [4.78, 5) is 2.63. The summed E-state index contributed by atoms with van der Waals surface area (Å²) in [6.07, 6.45) is 4.10. The predicted molar refractivity (Wildman–Crippen MR) is 49.7 cm³/mol. The highest BCUT2D eigenvalue weighted by Crippen LogP contribution is 2.24. The molecule has 0 aliphatic carbocycles. The zero-order valence-electron chi connectivity index (χ0n) is 8.14. The van der Waals surface area contributed by atoms with E-state index in [-0.39, 0.29) is 0 Å². The van der Waals surface area contributed by atoms with E-state index < -0.39 is 0 Å². The normalized spacial score (nSPS) is 33.0. The van der Waals surface area contributed by atoms with Gasteiger partial charge in [-0.1, -0.05) is 20.3 Å². The Morgan fingerprint density at radius 2 is 2.09 bits per heavy atom. The Labute approximate surface area is 70.8 Å². The van der Waals surface area contributed by atoms with Crippen LogP contribution < -0.4 is 0 Å². The van der Waals surface area contributed by atoms with Gasteiger partial charge >= 0.3 is 0 Å². The van der Waals surface area contributed by atoms with Crippen molar-refractivity contribution < 1.29 is 0 Å². The summed E-state index contributed by atoms with van der Waals surface area (Å²) < 4.78 is 0. The summed E-state index contributed by atoms with van der Waals surface area (Å²) in [6, 6.07) is 0.847. The smallest absolute Gasteiger partial charge is 0.00701 e. The molecule has 1 heterocycles. The molecule has 0 aromatic rings. The molecule has 1 heteroatoms. The second-order valence-corrected chi connectivity index (χ2v) is 3.85. The van der Waals surface area contributed by atoms with Crippen LogP contribution in [0.1, 0.15) is 40.0 Å². The Hall–Kier alpha value is -0.0400. The van der Waals surface area contributed by atoms with Crippen molar-refractivity contribution in [3.05, 3.63) is 0 Å². The van der Waals surface area contributed by atoms with Crippen LogP contribution in [0.25, 0.3) is 0 Å². The molecule has 0 N–H and O–H groups in total. The summed E-state index contributed by atoms with van der Waals surface area (Å²) in [5.74, 6) is 0.983. The molecule has 1 rings (SSSR count). The topological polar surface area (TPSA) is 3.24 Å². The van der Waals surface area contributed by atoms with Crippen LogP contribution in [0.4, 0.5) is 0 Å². The molecule has 66 valence electrons. The molecular formula is C10H21N. The van der Waals surface area contributed by atoms with Gasteiger partial charge in [0, 0.05) is 12.6 Å². The van der Waals surface area contributed by atoms with Gasteiger partial charge in [0.25, 0.3) is 0 Å². The Morgan fingerprint density at radius 3 is 2.55 bits per heavy atom. The molecule has 0 amide bonds. The van der Waals surface area contributed by atoms with Crippen molar-refractivity contribution in [2.45, 2.75) is 46.1 Å². The van der Waals surface area contributed by atoms with Crippen molar-refractivity contribution >= 4 is 0 Å². The highest BCUT2D eigenvalue weighted by molar-refractivity contribution is 4.80. The second-order valence-electron chi connectivity index (χ2n) is 3.85. The highest BCUT2D eigenvalue weighted by atomic mass is 15.2. The van der Waals surface area contributed by atoms with Crippen molar-refractivity contribution in [1.82, 2.24) is 4.90 Å². The number of hydrogen-bond donors (Lipinski definition) is 0. The Kier molecular flexibility index (Phi) is 3.38. The molecule has 0 bridgehead atoms. The molecule has 0 saturated carbocycles. The van der Waals surface area contributed by atoms with Crippen LogP contribution in [0.15, 0.2) is 0 Å². The Morgan fingerprint density at radius 1 is 1.36 bits per heavy atom. The molecule has 2 unspecified atom stereocenters. The third-order valence-corrected chi connectivity index (χ3v) is 2.88. The first-order valence-electron chi connectivity index (χ1n) is 5.02. The maximum absolute atomic E-state index is 2.63. The van der Waals surface area contributed by atoms with E-state index in [4.69, 9.17) is 0 Å². The lowest BCUT2D eigenvalue weighted by Gasteiger charge is -2.19. The van der Waals surface area contributed by atoms with Crippen LogP contribution in [-0.2, 0) is 0 Å². The largest absolute Gasteiger partial charge is 0.300 e. The van der Waals surface area contributed by atoms with Gasteiger partial charge in [-0.15, -0.1) is 0 Å². The van der Waals surface area contributed by atoms with E-state index in [2.05, 4.69) is 25.7 Å². The molecule has 1 fully saturated rings. The minimum atomic E-state index is 0.847. The maximum Gasteiger partial charge on any atom is 0.00701 e. The van der Waals surface area contributed by atoms with Gasteiger partial charge in [-0.2, -0.15) is 0 Å². The summed E-state index contributed by atoms with van der Waals surface area (Å²) in [7, 11) is 0. The van der Waals surface area contributed by atoms with Gasteiger partial charge in [-0.3, -0.25) is 0 Å². The molecule has 1 nitrogen and oxygen atoms in total. The fourth-order valence-electron chi connectivity index (χ4n) is 2.11. The molecular weight excluding hydrogens is 134 g/mol. The first-order valence-corrected chi connectivity index (χ1v) is 5.02. The van der Waals surface area contributed by atoms with Crippen molar-refractivity contribution in [1.29, 1.82) is 0 Å². The zero-order valence-corrected chi connectivity index (χ0v) is 8.14. The van der Waals surface area contributed by atoms with Gasteiger partial charge in [-0.05, 0) is 32.2 Å². The maximum atomic E-state index is 2.63. The number of hydrogen-bond acceptors (Lipinski definition) is 1. The SMILES string of the molecule is CCCN1CC(CC)CC1C. The van der Waals surface area contributed by atoms with Gasteiger partial charge in [0.05, 0.1) is 0 Å². The third-order valence-electron chi connectivity index (χ3n) is 2.88. The zero-order chi connectivity index (χ0) is 8.27. The lowest BCUT2D eigenvalue weighted by Crippen LogP contribution is -2.27.